The number of hydrogen-bond acceptors (Lipinski definition) is 4. The van der Waals surface area contributed by atoms with Crippen LogP contribution in [0.3, 0.4) is 0 Å². The predicted octanol–water partition coefficient (Wildman–Crippen LogP) is 1.44. The topological polar surface area (TPSA) is 51.4 Å². The molecule has 2 rings (SSSR count). The van der Waals surface area contributed by atoms with E-state index in [9.17, 15) is 0 Å². The molecule has 4 nitrogen and oxygen atoms in total. The quantitative estimate of drug-likeness (QED) is 0.839. The lowest BCUT2D eigenvalue weighted by atomic mass is 10.1. The van der Waals surface area contributed by atoms with Gasteiger partial charge in [0.25, 0.3) is 0 Å². The maximum Gasteiger partial charge on any atom is 0.130 e. The van der Waals surface area contributed by atoms with Crippen LogP contribution in [-0.2, 0) is 4.74 Å². The molecule has 1 saturated heterocycles. The zero-order valence-corrected chi connectivity index (χ0v) is 9.94. The second kappa shape index (κ2) is 4.70. The Bertz CT molecular complexity index is 367. The van der Waals surface area contributed by atoms with Crippen molar-refractivity contribution in [1.82, 2.24) is 4.98 Å². The monoisotopic (exact) mass is 221 g/mol. The smallest absolute Gasteiger partial charge is 0.130 e. The SMILES string of the molecule is COCC1CCN(c2cc(N)c(C)cn2)C1. The van der Waals surface area contributed by atoms with Crippen LogP contribution in [0, 0.1) is 12.8 Å². The van der Waals surface area contributed by atoms with Crippen molar-refractivity contribution >= 4 is 11.5 Å². The number of nitrogen functional groups attached to an aromatic ring is 1. The van der Waals surface area contributed by atoms with Crippen LogP contribution in [0.15, 0.2) is 12.3 Å². The average molecular weight is 221 g/mol. The third-order valence-electron chi connectivity index (χ3n) is 3.14. The summed E-state index contributed by atoms with van der Waals surface area (Å²) in [5.74, 6) is 1.61. The summed E-state index contributed by atoms with van der Waals surface area (Å²) in [6.45, 7) is 4.87. The van der Waals surface area contributed by atoms with Gasteiger partial charge in [-0.2, -0.15) is 0 Å². The summed E-state index contributed by atoms with van der Waals surface area (Å²) in [5, 5.41) is 0. The van der Waals surface area contributed by atoms with Gasteiger partial charge < -0.3 is 15.4 Å². The van der Waals surface area contributed by atoms with E-state index in [-0.39, 0.29) is 0 Å². The van der Waals surface area contributed by atoms with Crippen molar-refractivity contribution < 1.29 is 4.74 Å². The summed E-state index contributed by atoms with van der Waals surface area (Å²) in [4.78, 5) is 6.70. The van der Waals surface area contributed by atoms with Crippen LogP contribution >= 0.6 is 0 Å². The highest BCUT2D eigenvalue weighted by atomic mass is 16.5. The Morgan fingerprint density at radius 2 is 2.44 bits per heavy atom. The van der Waals surface area contributed by atoms with E-state index in [0.717, 1.165) is 36.8 Å². The van der Waals surface area contributed by atoms with Crippen molar-refractivity contribution in [2.75, 3.05) is 37.4 Å². The fourth-order valence-corrected chi connectivity index (χ4v) is 2.11. The van der Waals surface area contributed by atoms with Crippen LogP contribution in [0.2, 0.25) is 0 Å². The van der Waals surface area contributed by atoms with Gasteiger partial charge in [-0.1, -0.05) is 0 Å². The molecule has 1 aromatic heterocycles. The number of anilines is 2. The fraction of sp³-hybridized carbons (Fsp3) is 0.583. The molecule has 0 spiro atoms. The van der Waals surface area contributed by atoms with Gasteiger partial charge in [-0.3, -0.25) is 0 Å². The first-order chi connectivity index (χ1) is 7.70. The van der Waals surface area contributed by atoms with Crippen LogP contribution in [0.4, 0.5) is 11.5 Å². The van der Waals surface area contributed by atoms with E-state index < -0.39 is 0 Å². The largest absolute Gasteiger partial charge is 0.398 e. The molecule has 1 aromatic rings. The third-order valence-corrected chi connectivity index (χ3v) is 3.14. The first-order valence-corrected chi connectivity index (χ1v) is 5.66. The highest BCUT2D eigenvalue weighted by Crippen LogP contribution is 2.24. The lowest BCUT2D eigenvalue weighted by Crippen LogP contribution is -2.22. The van der Waals surface area contributed by atoms with Gasteiger partial charge in [0, 0.05) is 44.1 Å². The van der Waals surface area contributed by atoms with E-state index in [2.05, 4.69) is 9.88 Å². The Morgan fingerprint density at radius 1 is 1.62 bits per heavy atom. The summed E-state index contributed by atoms with van der Waals surface area (Å²) in [5.41, 5.74) is 7.75. The minimum atomic E-state index is 0.620. The van der Waals surface area contributed by atoms with Gasteiger partial charge in [0.2, 0.25) is 0 Å². The molecule has 2 N–H and O–H groups in total. The van der Waals surface area contributed by atoms with Crippen molar-refractivity contribution in [3.63, 3.8) is 0 Å². The van der Waals surface area contributed by atoms with Crippen molar-refractivity contribution in [3.05, 3.63) is 17.8 Å². The Labute approximate surface area is 96.4 Å². The molecular weight excluding hydrogens is 202 g/mol. The van der Waals surface area contributed by atoms with E-state index >= 15 is 0 Å². The van der Waals surface area contributed by atoms with Crippen LogP contribution in [0.1, 0.15) is 12.0 Å². The van der Waals surface area contributed by atoms with Crippen LogP contribution in [-0.4, -0.2) is 31.8 Å². The lowest BCUT2D eigenvalue weighted by Gasteiger charge is -2.18. The van der Waals surface area contributed by atoms with E-state index in [1.807, 2.05) is 19.2 Å². The molecule has 1 aliphatic rings. The van der Waals surface area contributed by atoms with Gasteiger partial charge in [0.05, 0.1) is 6.61 Å². The minimum absolute atomic E-state index is 0.620. The predicted molar refractivity (Wildman–Crippen MR) is 65.6 cm³/mol. The van der Waals surface area contributed by atoms with Crippen LogP contribution in [0.25, 0.3) is 0 Å². The molecule has 1 aliphatic heterocycles. The average Bonchev–Trinajstić information content (AvgIpc) is 2.71. The van der Waals surface area contributed by atoms with Crippen molar-refractivity contribution in [3.8, 4) is 0 Å². The van der Waals surface area contributed by atoms with Gasteiger partial charge in [-0.05, 0) is 18.9 Å². The van der Waals surface area contributed by atoms with Gasteiger partial charge in [0.15, 0.2) is 0 Å². The van der Waals surface area contributed by atoms with E-state index in [0.29, 0.717) is 5.92 Å². The van der Waals surface area contributed by atoms with E-state index in [1.165, 1.54) is 6.42 Å². The first kappa shape index (κ1) is 11.2. The second-order valence-corrected chi connectivity index (χ2v) is 4.46. The Kier molecular flexibility index (Phi) is 3.29. The molecule has 88 valence electrons. The second-order valence-electron chi connectivity index (χ2n) is 4.46. The number of methoxy groups -OCH3 is 1. The number of ether oxygens (including phenoxy) is 1. The molecule has 0 aliphatic carbocycles. The van der Waals surface area contributed by atoms with E-state index in [4.69, 9.17) is 10.5 Å². The molecule has 1 unspecified atom stereocenters. The summed E-state index contributed by atoms with van der Waals surface area (Å²) >= 11 is 0. The Morgan fingerprint density at radius 3 is 3.12 bits per heavy atom. The number of nitrogens with two attached hydrogens (primary N) is 1. The molecule has 1 fully saturated rings. The standard InChI is InChI=1S/C12H19N3O/c1-9-6-14-12(5-11(9)13)15-4-3-10(7-15)8-16-2/h5-6,10H,3-4,7-8H2,1-2H3,(H2,13,14). The Balaban J connectivity index is 2.05. The highest BCUT2D eigenvalue weighted by molar-refractivity contribution is 5.55. The van der Waals surface area contributed by atoms with Gasteiger partial charge in [-0.25, -0.2) is 4.98 Å². The molecule has 0 bridgehead atoms. The molecule has 0 radical (unpaired) electrons. The van der Waals surface area contributed by atoms with Crippen molar-refractivity contribution in [2.45, 2.75) is 13.3 Å². The van der Waals surface area contributed by atoms with Crippen LogP contribution < -0.4 is 10.6 Å². The number of nitrogens with zero attached hydrogens (tertiary/aromatic N) is 2. The molecule has 16 heavy (non-hydrogen) atoms. The molecule has 4 heteroatoms. The number of hydrogen-bond donors (Lipinski definition) is 1. The number of rotatable bonds is 3. The van der Waals surface area contributed by atoms with E-state index in [1.54, 1.807) is 7.11 Å². The Hall–Kier alpha value is -1.29. The molecule has 0 saturated carbocycles. The normalized spacial score (nSPS) is 20.4. The number of aromatic nitrogens is 1. The summed E-state index contributed by atoms with van der Waals surface area (Å²) in [7, 11) is 1.75. The highest BCUT2D eigenvalue weighted by Gasteiger charge is 2.23. The summed E-state index contributed by atoms with van der Waals surface area (Å²) < 4.78 is 5.18. The lowest BCUT2D eigenvalue weighted by molar-refractivity contribution is 0.161. The van der Waals surface area contributed by atoms with Crippen molar-refractivity contribution in [2.24, 2.45) is 5.92 Å². The minimum Gasteiger partial charge on any atom is -0.398 e. The number of pyridine rings is 1. The fourth-order valence-electron chi connectivity index (χ4n) is 2.11. The summed E-state index contributed by atoms with van der Waals surface area (Å²) in [6.07, 6.45) is 3.01. The van der Waals surface area contributed by atoms with Gasteiger partial charge >= 0.3 is 0 Å². The van der Waals surface area contributed by atoms with Gasteiger partial charge in [0.1, 0.15) is 5.82 Å². The van der Waals surface area contributed by atoms with Crippen LogP contribution in [0.5, 0.6) is 0 Å². The molecule has 0 aromatic carbocycles. The third kappa shape index (κ3) is 2.27. The molecule has 2 heterocycles. The first-order valence-electron chi connectivity index (χ1n) is 5.66. The molecule has 1 atom stereocenters. The molecule has 0 amide bonds. The van der Waals surface area contributed by atoms with Crippen molar-refractivity contribution in [1.29, 1.82) is 0 Å². The van der Waals surface area contributed by atoms with Gasteiger partial charge in [-0.15, -0.1) is 0 Å². The molecular formula is C12H19N3O. The zero-order valence-electron chi connectivity index (χ0n) is 9.94. The summed E-state index contributed by atoms with van der Waals surface area (Å²) in [6, 6.07) is 1.96. The number of aryl methyl sites for hydroxylation is 1. The zero-order chi connectivity index (χ0) is 11.5. The maximum absolute atomic E-state index is 5.89. The maximum atomic E-state index is 5.89.